The predicted octanol–water partition coefficient (Wildman–Crippen LogP) is 2.30. The first-order chi connectivity index (χ1) is 16.0. The van der Waals surface area contributed by atoms with E-state index in [1.807, 2.05) is 19.1 Å². The van der Waals surface area contributed by atoms with Gasteiger partial charge in [-0.1, -0.05) is 6.07 Å². The van der Waals surface area contributed by atoms with E-state index < -0.39 is 17.7 Å². The molecule has 2 fully saturated rings. The summed E-state index contributed by atoms with van der Waals surface area (Å²) in [4.78, 5) is 34.6. The van der Waals surface area contributed by atoms with Crippen LogP contribution < -0.4 is 0 Å². The van der Waals surface area contributed by atoms with Crippen molar-refractivity contribution >= 4 is 23.1 Å². The molecule has 0 saturated carbocycles. The molecule has 5 heterocycles. The van der Waals surface area contributed by atoms with Gasteiger partial charge in [-0.05, 0) is 37.6 Å². The van der Waals surface area contributed by atoms with Gasteiger partial charge in [-0.2, -0.15) is 0 Å². The van der Waals surface area contributed by atoms with Crippen LogP contribution in [-0.2, 0) is 14.3 Å². The Morgan fingerprint density at radius 1 is 1.15 bits per heavy atom. The fraction of sp³-hybridized carbons (Fsp3) is 0.375. The Kier molecular flexibility index (Phi) is 5.51. The SMILES string of the molecule is Cc1nc2c(C)cccn2c1C(O)=C1C(=O)C(=O)N(CCN2CCOCC2)[C@H]1c1ccco1. The van der Waals surface area contributed by atoms with Gasteiger partial charge in [-0.25, -0.2) is 4.98 Å². The number of rotatable bonds is 5. The molecule has 5 rings (SSSR count). The molecule has 0 radical (unpaired) electrons. The number of fused-ring (bicyclic) bond motifs is 1. The lowest BCUT2D eigenvalue weighted by molar-refractivity contribution is -0.140. The number of ether oxygens (including phenoxy) is 1. The molecule has 0 bridgehead atoms. The van der Waals surface area contributed by atoms with Crippen LogP contribution in [0.5, 0.6) is 0 Å². The molecule has 2 aliphatic heterocycles. The number of Topliss-reactive ketones (excluding diaryl/α,β-unsaturated/α-hetero) is 1. The van der Waals surface area contributed by atoms with Crippen molar-refractivity contribution in [3.05, 3.63) is 65.0 Å². The molecule has 2 aliphatic rings. The second kappa shape index (κ2) is 8.49. The van der Waals surface area contributed by atoms with Crippen molar-refractivity contribution in [3.8, 4) is 0 Å². The van der Waals surface area contributed by atoms with Gasteiger partial charge >= 0.3 is 0 Å². The number of aliphatic hydroxyl groups excluding tert-OH is 1. The van der Waals surface area contributed by atoms with E-state index in [-0.39, 0.29) is 11.3 Å². The first-order valence-electron chi connectivity index (χ1n) is 11.0. The average Bonchev–Trinajstić information content (AvgIpc) is 3.51. The molecule has 9 nitrogen and oxygen atoms in total. The summed E-state index contributed by atoms with van der Waals surface area (Å²) in [6, 6.07) is 6.40. The quantitative estimate of drug-likeness (QED) is 0.362. The van der Waals surface area contributed by atoms with Gasteiger partial charge in [0.2, 0.25) is 0 Å². The highest BCUT2D eigenvalue weighted by Crippen LogP contribution is 2.40. The summed E-state index contributed by atoms with van der Waals surface area (Å²) in [6.45, 7) is 7.47. The summed E-state index contributed by atoms with van der Waals surface area (Å²) in [7, 11) is 0. The summed E-state index contributed by atoms with van der Waals surface area (Å²) in [6.07, 6.45) is 3.29. The molecule has 0 unspecified atom stereocenters. The van der Waals surface area contributed by atoms with Crippen molar-refractivity contribution in [2.45, 2.75) is 19.9 Å². The van der Waals surface area contributed by atoms with E-state index in [0.29, 0.717) is 49.1 Å². The average molecular weight is 450 g/mol. The smallest absolute Gasteiger partial charge is 0.295 e. The second-order valence-corrected chi connectivity index (χ2v) is 8.39. The van der Waals surface area contributed by atoms with Crippen molar-refractivity contribution in [3.63, 3.8) is 0 Å². The molecule has 9 heteroatoms. The van der Waals surface area contributed by atoms with Gasteiger partial charge in [0.1, 0.15) is 23.1 Å². The number of carbonyl (C=O) groups is 2. The van der Waals surface area contributed by atoms with E-state index in [1.54, 1.807) is 29.7 Å². The number of amides is 1. The van der Waals surface area contributed by atoms with E-state index in [9.17, 15) is 14.7 Å². The van der Waals surface area contributed by atoms with Gasteiger partial charge in [0.15, 0.2) is 5.76 Å². The minimum absolute atomic E-state index is 0.0170. The highest BCUT2D eigenvalue weighted by Gasteiger charge is 2.47. The number of likely N-dealkylation sites (tertiary alicyclic amines) is 1. The molecule has 33 heavy (non-hydrogen) atoms. The monoisotopic (exact) mass is 450 g/mol. The van der Waals surface area contributed by atoms with Crippen molar-refractivity contribution in [2.24, 2.45) is 0 Å². The molecule has 1 amide bonds. The number of carbonyl (C=O) groups excluding carboxylic acids is 2. The number of morpholine rings is 1. The summed E-state index contributed by atoms with van der Waals surface area (Å²) >= 11 is 0. The fourth-order valence-electron chi connectivity index (χ4n) is 4.66. The molecular weight excluding hydrogens is 424 g/mol. The maximum Gasteiger partial charge on any atom is 0.295 e. The molecule has 0 aliphatic carbocycles. The third-order valence-electron chi connectivity index (χ3n) is 6.36. The minimum atomic E-state index is -0.809. The largest absolute Gasteiger partial charge is 0.505 e. The maximum absolute atomic E-state index is 13.2. The van der Waals surface area contributed by atoms with Crippen molar-refractivity contribution in [1.82, 2.24) is 19.2 Å². The Hall–Kier alpha value is -3.43. The highest BCUT2D eigenvalue weighted by atomic mass is 16.5. The lowest BCUT2D eigenvalue weighted by Gasteiger charge is -2.30. The highest BCUT2D eigenvalue weighted by molar-refractivity contribution is 6.46. The second-order valence-electron chi connectivity index (χ2n) is 8.39. The van der Waals surface area contributed by atoms with Crippen LogP contribution in [0, 0.1) is 13.8 Å². The lowest BCUT2D eigenvalue weighted by Crippen LogP contribution is -2.42. The van der Waals surface area contributed by atoms with Crippen LogP contribution in [0.1, 0.15) is 28.8 Å². The van der Waals surface area contributed by atoms with E-state index >= 15 is 0 Å². The van der Waals surface area contributed by atoms with Crippen LogP contribution in [0.3, 0.4) is 0 Å². The first kappa shape index (κ1) is 21.4. The summed E-state index contributed by atoms with van der Waals surface area (Å²) in [5.74, 6) is -1.19. The Morgan fingerprint density at radius 2 is 1.94 bits per heavy atom. The Balaban J connectivity index is 1.59. The van der Waals surface area contributed by atoms with Crippen LogP contribution in [0.25, 0.3) is 11.4 Å². The third-order valence-corrected chi connectivity index (χ3v) is 6.36. The molecule has 3 aromatic rings. The number of hydrogen-bond acceptors (Lipinski definition) is 7. The molecule has 172 valence electrons. The first-order valence-corrected chi connectivity index (χ1v) is 11.0. The van der Waals surface area contributed by atoms with Gasteiger partial charge in [0.05, 0.1) is 30.7 Å². The number of hydrogen-bond donors (Lipinski definition) is 1. The number of aliphatic hydroxyl groups is 1. The zero-order valence-electron chi connectivity index (χ0n) is 18.7. The molecule has 3 aromatic heterocycles. The number of pyridine rings is 1. The minimum Gasteiger partial charge on any atom is -0.505 e. The Bertz CT molecular complexity index is 1240. The normalized spacial score (nSPS) is 21.4. The van der Waals surface area contributed by atoms with E-state index in [4.69, 9.17) is 9.15 Å². The van der Waals surface area contributed by atoms with Crippen molar-refractivity contribution < 1.29 is 23.8 Å². The molecule has 1 atom stereocenters. The van der Waals surface area contributed by atoms with Crippen LogP contribution >= 0.6 is 0 Å². The number of imidazole rings is 1. The van der Waals surface area contributed by atoms with Gasteiger partial charge in [0, 0.05) is 32.4 Å². The Morgan fingerprint density at radius 3 is 2.67 bits per heavy atom. The number of aromatic nitrogens is 2. The van der Waals surface area contributed by atoms with Crippen LogP contribution in [-0.4, -0.2) is 75.4 Å². The van der Waals surface area contributed by atoms with Gasteiger partial charge in [0.25, 0.3) is 11.7 Å². The number of ketones is 1. The molecule has 0 aromatic carbocycles. The summed E-state index contributed by atoms with van der Waals surface area (Å²) < 4.78 is 12.8. The van der Waals surface area contributed by atoms with Gasteiger partial charge < -0.3 is 19.2 Å². The number of furan rings is 1. The number of nitrogens with zero attached hydrogens (tertiary/aromatic N) is 4. The fourth-order valence-corrected chi connectivity index (χ4v) is 4.66. The lowest BCUT2D eigenvalue weighted by atomic mass is 10.0. The van der Waals surface area contributed by atoms with Crippen molar-refractivity contribution in [2.75, 3.05) is 39.4 Å². The van der Waals surface area contributed by atoms with Crippen LogP contribution in [0.4, 0.5) is 0 Å². The topological polar surface area (TPSA) is 101 Å². The van der Waals surface area contributed by atoms with E-state index in [2.05, 4.69) is 9.88 Å². The molecule has 2 saturated heterocycles. The third kappa shape index (κ3) is 3.63. The van der Waals surface area contributed by atoms with E-state index in [1.165, 1.54) is 11.2 Å². The van der Waals surface area contributed by atoms with Crippen LogP contribution in [0.15, 0.2) is 46.7 Å². The predicted molar refractivity (Wildman–Crippen MR) is 120 cm³/mol. The standard InChI is InChI=1S/C24H26N4O5/c1-15-5-3-7-27-19(16(2)25-23(15)27)21(29)18-20(17-6-4-12-33-17)28(24(31)22(18)30)9-8-26-10-13-32-14-11-26/h3-7,12,20,29H,8-11,13-14H2,1-2H3/t20-/m0/s1. The van der Waals surface area contributed by atoms with Gasteiger partial charge in [-0.15, -0.1) is 0 Å². The summed E-state index contributed by atoms with van der Waals surface area (Å²) in [5.41, 5.74) is 2.61. The zero-order valence-corrected chi connectivity index (χ0v) is 18.7. The maximum atomic E-state index is 13.2. The Labute approximate surface area is 190 Å². The molecule has 0 spiro atoms. The van der Waals surface area contributed by atoms with E-state index in [0.717, 1.165) is 18.7 Å². The number of aryl methyl sites for hydroxylation is 2. The zero-order chi connectivity index (χ0) is 23.1. The van der Waals surface area contributed by atoms with Crippen molar-refractivity contribution in [1.29, 1.82) is 0 Å². The van der Waals surface area contributed by atoms with Crippen LogP contribution in [0.2, 0.25) is 0 Å². The molecular formula is C24H26N4O5. The summed E-state index contributed by atoms with van der Waals surface area (Å²) in [5, 5.41) is 11.4. The molecule has 1 N–H and O–H groups in total. The van der Waals surface area contributed by atoms with Gasteiger partial charge in [-0.3, -0.25) is 18.9 Å².